The zero-order chi connectivity index (χ0) is 21.4. The van der Waals surface area contributed by atoms with E-state index in [1.165, 1.54) is 11.3 Å². The minimum Gasteiger partial charge on any atom is -0.311 e. The van der Waals surface area contributed by atoms with Crippen LogP contribution in [0.3, 0.4) is 0 Å². The van der Waals surface area contributed by atoms with Crippen LogP contribution in [0.2, 0.25) is 0 Å². The number of nitriles is 1. The molecule has 1 atom stereocenters. The predicted octanol–water partition coefficient (Wildman–Crippen LogP) is 1.55. The van der Waals surface area contributed by atoms with E-state index >= 15 is 0 Å². The summed E-state index contributed by atoms with van der Waals surface area (Å²) < 4.78 is 1.57. The van der Waals surface area contributed by atoms with Gasteiger partial charge in [0.2, 0.25) is 5.91 Å². The molecule has 1 amide bonds. The molecule has 0 bridgehead atoms. The summed E-state index contributed by atoms with van der Waals surface area (Å²) in [6.07, 6.45) is 2.56. The lowest BCUT2D eigenvalue weighted by Crippen LogP contribution is -2.52. The molecule has 2 fully saturated rings. The maximum Gasteiger partial charge on any atom is 0.258 e. The molecule has 3 aromatic rings. The van der Waals surface area contributed by atoms with E-state index in [9.17, 15) is 9.59 Å². The van der Waals surface area contributed by atoms with E-state index in [2.05, 4.69) is 20.9 Å². The first-order valence-corrected chi connectivity index (χ1v) is 11.2. The second-order valence-corrected chi connectivity index (χ2v) is 8.78. The zero-order valence-electron chi connectivity index (χ0n) is 17.0. The molecule has 2 saturated heterocycles. The van der Waals surface area contributed by atoms with Crippen LogP contribution in [0.5, 0.6) is 0 Å². The molecule has 1 unspecified atom stereocenters. The number of aromatic nitrogens is 2. The number of carbonyl (C=O) groups is 1. The Hall–Kier alpha value is -3.06. The van der Waals surface area contributed by atoms with Crippen molar-refractivity contribution in [2.45, 2.75) is 19.0 Å². The van der Waals surface area contributed by atoms with Gasteiger partial charge in [-0.3, -0.25) is 23.8 Å². The zero-order valence-corrected chi connectivity index (χ0v) is 17.8. The van der Waals surface area contributed by atoms with Crippen LogP contribution >= 0.6 is 11.3 Å². The Morgan fingerprint density at radius 3 is 2.61 bits per heavy atom. The predicted molar refractivity (Wildman–Crippen MR) is 118 cm³/mol. The SMILES string of the molecule is N#Cc1ccc(N2CCC(N3CCN(Cc4cc(=O)n5ccsc5n4)CC3)C2=O)cc1. The topological polar surface area (TPSA) is 85.0 Å². The third kappa shape index (κ3) is 3.85. The minimum atomic E-state index is -0.0944. The molecule has 31 heavy (non-hydrogen) atoms. The first-order valence-electron chi connectivity index (χ1n) is 10.4. The minimum absolute atomic E-state index is 0.0423. The number of benzene rings is 1. The Bertz CT molecular complexity index is 1200. The number of thiazole rings is 1. The number of anilines is 1. The van der Waals surface area contributed by atoms with E-state index in [1.807, 2.05) is 22.4 Å². The first-order chi connectivity index (χ1) is 15.1. The van der Waals surface area contributed by atoms with E-state index in [0.717, 1.165) is 48.9 Å². The van der Waals surface area contributed by atoms with Crippen LogP contribution in [0.1, 0.15) is 17.7 Å². The van der Waals surface area contributed by atoms with Crippen LogP contribution in [0.15, 0.2) is 46.7 Å². The van der Waals surface area contributed by atoms with Gasteiger partial charge in [-0.15, -0.1) is 11.3 Å². The average Bonchev–Trinajstić information content (AvgIpc) is 3.41. The van der Waals surface area contributed by atoms with Gasteiger partial charge in [0.1, 0.15) is 0 Å². The van der Waals surface area contributed by atoms with E-state index in [-0.39, 0.29) is 17.5 Å². The number of carbonyl (C=O) groups excluding carboxylic acids is 1. The number of nitrogens with zero attached hydrogens (tertiary/aromatic N) is 6. The molecule has 158 valence electrons. The van der Waals surface area contributed by atoms with Gasteiger partial charge in [-0.05, 0) is 30.7 Å². The first kappa shape index (κ1) is 19.9. The molecule has 0 aliphatic carbocycles. The maximum atomic E-state index is 13.0. The normalized spacial score (nSPS) is 20.4. The van der Waals surface area contributed by atoms with Gasteiger partial charge in [-0.2, -0.15) is 5.26 Å². The Morgan fingerprint density at radius 1 is 1.10 bits per heavy atom. The van der Waals surface area contributed by atoms with Crippen molar-refractivity contribution in [1.82, 2.24) is 19.2 Å². The molecular weight excluding hydrogens is 412 g/mol. The van der Waals surface area contributed by atoms with E-state index in [0.29, 0.717) is 18.7 Å². The lowest BCUT2D eigenvalue weighted by atomic mass is 10.1. The number of hydrogen-bond acceptors (Lipinski definition) is 7. The van der Waals surface area contributed by atoms with Crippen molar-refractivity contribution in [3.8, 4) is 6.07 Å². The van der Waals surface area contributed by atoms with Crippen LogP contribution in [0.25, 0.3) is 4.96 Å². The van der Waals surface area contributed by atoms with Crippen molar-refractivity contribution in [1.29, 1.82) is 5.26 Å². The summed E-state index contributed by atoms with van der Waals surface area (Å²) in [6.45, 7) is 4.66. The molecular formula is C22H22N6O2S. The Morgan fingerprint density at radius 2 is 1.87 bits per heavy atom. The molecule has 8 nitrogen and oxygen atoms in total. The number of amides is 1. The molecule has 0 saturated carbocycles. The lowest BCUT2D eigenvalue weighted by Gasteiger charge is -2.37. The highest BCUT2D eigenvalue weighted by atomic mass is 32.1. The smallest absolute Gasteiger partial charge is 0.258 e. The Kier molecular flexibility index (Phi) is 5.28. The van der Waals surface area contributed by atoms with Gasteiger partial charge in [-0.1, -0.05) is 0 Å². The molecule has 5 rings (SSSR count). The van der Waals surface area contributed by atoms with E-state index in [4.69, 9.17) is 5.26 Å². The van der Waals surface area contributed by atoms with Crippen molar-refractivity contribution >= 4 is 27.9 Å². The van der Waals surface area contributed by atoms with Gasteiger partial charge in [0, 0.05) is 62.6 Å². The number of hydrogen-bond donors (Lipinski definition) is 0. The summed E-state index contributed by atoms with van der Waals surface area (Å²) >= 11 is 1.46. The highest BCUT2D eigenvalue weighted by Gasteiger charge is 2.37. The van der Waals surface area contributed by atoms with Gasteiger partial charge >= 0.3 is 0 Å². The third-order valence-corrected chi connectivity index (χ3v) is 6.83. The highest BCUT2D eigenvalue weighted by molar-refractivity contribution is 7.15. The van der Waals surface area contributed by atoms with Crippen molar-refractivity contribution in [2.24, 2.45) is 0 Å². The summed E-state index contributed by atoms with van der Waals surface area (Å²) in [5, 5.41) is 10.8. The quantitative estimate of drug-likeness (QED) is 0.620. The molecule has 2 aromatic heterocycles. The third-order valence-electron chi connectivity index (χ3n) is 6.07. The summed E-state index contributed by atoms with van der Waals surface area (Å²) in [7, 11) is 0. The van der Waals surface area contributed by atoms with Gasteiger partial charge in [0.15, 0.2) is 4.96 Å². The summed E-state index contributed by atoms with van der Waals surface area (Å²) in [6, 6.07) is 10.8. The second kappa shape index (κ2) is 8.23. The van der Waals surface area contributed by atoms with Crippen molar-refractivity contribution < 1.29 is 4.79 Å². The standard InChI is InChI=1S/C22H22N6O2S/c23-14-16-1-3-18(4-2-16)27-6-5-19(21(27)30)26-9-7-25(8-10-26)15-17-13-20(29)28-11-12-31-22(28)24-17/h1-4,11-13,19H,5-10,15H2. The number of piperazine rings is 1. The number of rotatable bonds is 4. The monoisotopic (exact) mass is 434 g/mol. The van der Waals surface area contributed by atoms with Crippen molar-refractivity contribution in [3.63, 3.8) is 0 Å². The number of fused-ring (bicyclic) bond motifs is 1. The van der Waals surface area contributed by atoms with Gasteiger partial charge < -0.3 is 4.90 Å². The molecule has 0 N–H and O–H groups in total. The van der Waals surface area contributed by atoms with Crippen LogP contribution in [-0.2, 0) is 11.3 Å². The van der Waals surface area contributed by atoms with Gasteiger partial charge in [0.25, 0.3) is 5.56 Å². The molecule has 4 heterocycles. The fourth-order valence-electron chi connectivity index (χ4n) is 4.41. The summed E-state index contributed by atoms with van der Waals surface area (Å²) in [4.78, 5) is 36.9. The fourth-order valence-corrected chi connectivity index (χ4v) is 5.15. The highest BCUT2D eigenvalue weighted by Crippen LogP contribution is 2.25. The van der Waals surface area contributed by atoms with E-state index in [1.54, 1.807) is 28.8 Å². The van der Waals surface area contributed by atoms with E-state index < -0.39 is 0 Å². The maximum absolute atomic E-state index is 13.0. The van der Waals surface area contributed by atoms with Crippen LogP contribution in [-0.4, -0.2) is 63.9 Å². The second-order valence-electron chi connectivity index (χ2n) is 7.91. The summed E-state index contributed by atoms with van der Waals surface area (Å²) in [5.41, 5.74) is 2.20. The molecule has 0 radical (unpaired) electrons. The molecule has 9 heteroatoms. The van der Waals surface area contributed by atoms with Gasteiger partial charge in [-0.25, -0.2) is 4.98 Å². The molecule has 0 spiro atoms. The Balaban J connectivity index is 1.19. The van der Waals surface area contributed by atoms with Crippen LogP contribution < -0.4 is 10.5 Å². The van der Waals surface area contributed by atoms with Crippen molar-refractivity contribution in [3.05, 3.63) is 63.5 Å². The largest absolute Gasteiger partial charge is 0.311 e. The molecule has 2 aliphatic heterocycles. The summed E-state index contributed by atoms with van der Waals surface area (Å²) in [5.74, 6) is 0.135. The van der Waals surface area contributed by atoms with Crippen molar-refractivity contribution in [2.75, 3.05) is 37.6 Å². The lowest BCUT2D eigenvalue weighted by molar-refractivity contribution is -0.122. The molecule has 1 aromatic carbocycles. The van der Waals surface area contributed by atoms with Gasteiger partial charge in [0.05, 0.1) is 23.4 Å². The average molecular weight is 435 g/mol. The molecule has 2 aliphatic rings. The fraction of sp³-hybridized carbons (Fsp3) is 0.364. The van der Waals surface area contributed by atoms with Crippen LogP contribution in [0, 0.1) is 11.3 Å². The van der Waals surface area contributed by atoms with Crippen LogP contribution in [0.4, 0.5) is 5.69 Å². The Labute approximate surface area is 183 Å².